The maximum atomic E-state index is 11.4. The molecule has 2 heteroatoms. The topological polar surface area (TPSA) is 34.1 Å². The number of hydrogen-bond donors (Lipinski definition) is 0. The standard InChI is InChI=1S/C10H14O2/c11-8-5-7-3-1-2-4-9(7)10(12)6-8/h7,9H,1-6H2/t7-,9+/m0/s1. The van der Waals surface area contributed by atoms with Crippen LogP contribution in [0.15, 0.2) is 0 Å². The van der Waals surface area contributed by atoms with Crippen molar-refractivity contribution in [2.45, 2.75) is 38.5 Å². The van der Waals surface area contributed by atoms with Gasteiger partial charge in [0.2, 0.25) is 0 Å². The Hall–Kier alpha value is -0.660. The summed E-state index contributed by atoms with van der Waals surface area (Å²) in [6.45, 7) is 0. The average Bonchev–Trinajstić information content (AvgIpc) is 2.04. The van der Waals surface area contributed by atoms with E-state index in [-0.39, 0.29) is 23.9 Å². The van der Waals surface area contributed by atoms with E-state index in [1.54, 1.807) is 0 Å². The van der Waals surface area contributed by atoms with Crippen LogP contribution in [0, 0.1) is 11.8 Å². The molecule has 2 atom stereocenters. The highest BCUT2D eigenvalue weighted by atomic mass is 16.1. The van der Waals surface area contributed by atoms with E-state index >= 15 is 0 Å². The molecule has 0 heterocycles. The van der Waals surface area contributed by atoms with Crippen LogP contribution in [0.3, 0.4) is 0 Å². The van der Waals surface area contributed by atoms with Gasteiger partial charge in [-0.05, 0) is 18.8 Å². The lowest BCUT2D eigenvalue weighted by Crippen LogP contribution is -2.35. The van der Waals surface area contributed by atoms with Crippen LogP contribution in [0.5, 0.6) is 0 Å². The van der Waals surface area contributed by atoms with Gasteiger partial charge < -0.3 is 0 Å². The largest absolute Gasteiger partial charge is 0.299 e. The molecule has 0 saturated heterocycles. The van der Waals surface area contributed by atoms with Crippen LogP contribution in [0.25, 0.3) is 0 Å². The third-order valence-corrected chi connectivity index (χ3v) is 3.18. The summed E-state index contributed by atoms with van der Waals surface area (Å²) in [6, 6.07) is 0. The fourth-order valence-electron chi connectivity index (χ4n) is 2.57. The van der Waals surface area contributed by atoms with Crippen molar-refractivity contribution >= 4 is 11.6 Å². The molecule has 0 N–H and O–H groups in total. The fourth-order valence-corrected chi connectivity index (χ4v) is 2.57. The maximum Gasteiger partial charge on any atom is 0.143 e. The van der Waals surface area contributed by atoms with Gasteiger partial charge >= 0.3 is 0 Å². The second kappa shape index (κ2) is 3.00. The van der Waals surface area contributed by atoms with E-state index in [1.807, 2.05) is 0 Å². The van der Waals surface area contributed by atoms with E-state index in [4.69, 9.17) is 0 Å². The second-order valence-electron chi connectivity index (χ2n) is 4.04. The molecule has 0 radical (unpaired) electrons. The SMILES string of the molecule is O=C1CC(=O)[C@@H]2CCCC[C@H]2C1. The van der Waals surface area contributed by atoms with Crippen molar-refractivity contribution in [3.63, 3.8) is 0 Å². The van der Waals surface area contributed by atoms with Gasteiger partial charge in [-0.1, -0.05) is 12.8 Å². The van der Waals surface area contributed by atoms with Gasteiger partial charge in [0.05, 0.1) is 6.42 Å². The smallest absolute Gasteiger partial charge is 0.143 e. The van der Waals surface area contributed by atoms with E-state index < -0.39 is 0 Å². The number of hydrogen-bond acceptors (Lipinski definition) is 2. The Kier molecular flexibility index (Phi) is 1.99. The van der Waals surface area contributed by atoms with E-state index in [1.165, 1.54) is 12.8 Å². The molecule has 2 aliphatic carbocycles. The first-order chi connectivity index (χ1) is 5.77. The first kappa shape index (κ1) is 7.96. The fraction of sp³-hybridized carbons (Fsp3) is 0.800. The van der Waals surface area contributed by atoms with E-state index in [2.05, 4.69) is 0 Å². The van der Waals surface area contributed by atoms with Crippen LogP contribution in [-0.2, 0) is 9.59 Å². The molecule has 2 aliphatic rings. The maximum absolute atomic E-state index is 11.4. The Morgan fingerprint density at radius 3 is 2.67 bits per heavy atom. The van der Waals surface area contributed by atoms with Gasteiger partial charge in [-0.2, -0.15) is 0 Å². The molecule has 0 aliphatic heterocycles. The summed E-state index contributed by atoms with van der Waals surface area (Å²) in [7, 11) is 0. The third-order valence-electron chi connectivity index (χ3n) is 3.18. The van der Waals surface area contributed by atoms with Crippen LogP contribution in [0.2, 0.25) is 0 Å². The third kappa shape index (κ3) is 1.30. The number of carbonyl (C=O) groups excluding carboxylic acids is 2. The summed E-state index contributed by atoms with van der Waals surface area (Å²) in [5, 5.41) is 0. The normalized spacial score (nSPS) is 36.3. The Morgan fingerprint density at radius 2 is 1.83 bits per heavy atom. The zero-order valence-corrected chi connectivity index (χ0v) is 7.21. The minimum atomic E-state index is 0.170. The predicted molar refractivity (Wildman–Crippen MR) is 44.7 cm³/mol. The highest BCUT2D eigenvalue weighted by Gasteiger charge is 2.36. The van der Waals surface area contributed by atoms with Crippen molar-refractivity contribution in [3.05, 3.63) is 0 Å². The highest BCUT2D eigenvalue weighted by Crippen LogP contribution is 2.37. The van der Waals surface area contributed by atoms with Crippen LogP contribution in [0.4, 0.5) is 0 Å². The first-order valence-corrected chi connectivity index (χ1v) is 4.82. The zero-order chi connectivity index (χ0) is 8.55. The lowest BCUT2D eigenvalue weighted by molar-refractivity contribution is -0.136. The highest BCUT2D eigenvalue weighted by molar-refractivity contribution is 6.02. The van der Waals surface area contributed by atoms with Crippen molar-refractivity contribution in [1.82, 2.24) is 0 Å². The molecule has 12 heavy (non-hydrogen) atoms. The van der Waals surface area contributed by atoms with Gasteiger partial charge in [0.25, 0.3) is 0 Å². The van der Waals surface area contributed by atoms with Gasteiger partial charge in [-0.3, -0.25) is 9.59 Å². The van der Waals surface area contributed by atoms with E-state index in [9.17, 15) is 9.59 Å². The number of fused-ring (bicyclic) bond motifs is 1. The van der Waals surface area contributed by atoms with Gasteiger partial charge in [0.1, 0.15) is 11.6 Å². The summed E-state index contributed by atoms with van der Waals surface area (Å²) in [4.78, 5) is 22.5. The summed E-state index contributed by atoms with van der Waals surface area (Å²) >= 11 is 0. The molecule has 66 valence electrons. The Bertz CT molecular complexity index is 220. The molecule has 0 spiro atoms. The lowest BCUT2D eigenvalue weighted by atomic mass is 9.70. The Morgan fingerprint density at radius 1 is 1.08 bits per heavy atom. The Balaban J connectivity index is 2.11. The van der Waals surface area contributed by atoms with Crippen LogP contribution in [-0.4, -0.2) is 11.6 Å². The lowest BCUT2D eigenvalue weighted by Gasteiger charge is -2.33. The monoisotopic (exact) mass is 166 g/mol. The van der Waals surface area contributed by atoms with Gasteiger partial charge in [0, 0.05) is 12.3 Å². The number of carbonyl (C=O) groups is 2. The van der Waals surface area contributed by atoms with Crippen LogP contribution >= 0.6 is 0 Å². The molecule has 2 nitrogen and oxygen atoms in total. The Labute approximate surface area is 72.3 Å². The van der Waals surface area contributed by atoms with Gasteiger partial charge in [-0.15, -0.1) is 0 Å². The van der Waals surface area contributed by atoms with Gasteiger partial charge in [0.15, 0.2) is 0 Å². The summed E-state index contributed by atoms with van der Waals surface area (Å²) in [5.74, 6) is 1.04. The van der Waals surface area contributed by atoms with E-state index in [0.29, 0.717) is 12.3 Å². The molecule has 0 aromatic heterocycles. The molecule has 2 saturated carbocycles. The molecule has 0 aromatic rings. The second-order valence-corrected chi connectivity index (χ2v) is 4.04. The summed E-state index contributed by atoms with van der Waals surface area (Å²) in [6.07, 6.45) is 5.43. The summed E-state index contributed by atoms with van der Waals surface area (Å²) < 4.78 is 0. The molecule has 2 fully saturated rings. The molecular formula is C10H14O2. The minimum Gasteiger partial charge on any atom is -0.299 e. The molecule has 0 bridgehead atoms. The summed E-state index contributed by atoms with van der Waals surface area (Å²) in [5.41, 5.74) is 0. The molecule has 0 amide bonds. The molecular weight excluding hydrogens is 152 g/mol. The quantitative estimate of drug-likeness (QED) is 0.513. The van der Waals surface area contributed by atoms with Crippen molar-refractivity contribution < 1.29 is 9.59 Å². The number of Topliss-reactive ketones (excluding diaryl/α,β-unsaturated/α-hetero) is 2. The van der Waals surface area contributed by atoms with Crippen molar-refractivity contribution in [2.24, 2.45) is 11.8 Å². The zero-order valence-electron chi connectivity index (χ0n) is 7.21. The van der Waals surface area contributed by atoms with Crippen LogP contribution < -0.4 is 0 Å². The molecule has 2 rings (SSSR count). The average molecular weight is 166 g/mol. The van der Waals surface area contributed by atoms with Crippen molar-refractivity contribution in [2.75, 3.05) is 0 Å². The number of ketones is 2. The predicted octanol–water partition coefficient (Wildman–Crippen LogP) is 1.72. The van der Waals surface area contributed by atoms with E-state index in [0.717, 1.165) is 12.8 Å². The van der Waals surface area contributed by atoms with Crippen molar-refractivity contribution in [3.8, 4) is 0 Å². The molecule has 0 aromatic carbocycles. The van der Waals surface area contributed by atoms with Gasteiger partial charge in [-0.25, -0.2) is 0 Å². The van der Waals surface area contributed by atoms with Crippen LogP contribution in [0.1, 0.15) is 38.5 Å². The minimum absolute atomic E-state index is 0.170. The number of rotatable bonds is 0. The first-order valence-electron chi connectivity index (χ1n) is 4.82. The van der Waals surface area contributed by atoms with Crippen molar-refractivity contribution in [1.29, 1.82) is 0 Å². The molecule has 0 unspecified atom stereocenters.